The van der Waals surface area contributed by atoms with Crippen molar-refractivity contribution in [1.29, 1.82) is 0 Å². The second-order valence-corrected chi connectivity index (χ2v) is 8.66. The van der Waals surface area contributed by atoms with E-state index in [9.17, 15) is 0 Å². The maximum absolute atomic E-state index is 5.75. The zero-order valence-electron chi connectivity index (χ0n) is 13.3. The molecule has 0 aliphatic heterocycles. The lowest BCUT2D eigenvalue weighted by Crippen LogP contribution is -2.25. The van der Waals surface area contributed by atoms with E-state index in [-0.39, 0.29) is 0 Å². The minimum absolute atomic E-state index is 0.372. The Balaban J connectivity index is 2.31. The van der Waals surface area contributed by atoms with Crippen LogP contribution in [0.1, 0.15) is 44.9 Å². The van der Waals surface area contributed by atoms with Gasteiger partial charge < -0.3 is 10.6 Å². The van der Waals surface area contributed by atoms with Crippen LogP contribution >= 0.6 is 27.3 Å². The molecular weight excluding hydrogens is 332 g/mol. The van der Waals surface area contributed by atoms with E-state index in [1.54, 1.807) is 0 Å². The number of hydrogen-bond acceptors (Lipinski definition) is 3. The van der Waals surface area contributed by atoms with E-state index in [4.69, 9.17) is 5.73 Å². The van der Waals surface area contributed by atoms with Crippen LogP contribution in [0.25, 0.3) is 0 Å². The molecule has 1 atom stereocenters. The Morgan fingerprint density at radius 3 is 2.55 bits per heavy atom. The number of thiophene rings is 1. The van der Waals surface area contributed by atoms with Crippen LogP contribution in [0.5, 0.6) is 0 Å². The van der Waals surface area contributed by atoms with Gasteiger partial charge in [-0.3, -0.25) is 0 Å². The molecule has 0 radical (unpaired) electrons. The van der Waals surface area contributed by atoms with Gasteiger partial charge in [-0.25, -0.2) is 0 Å². The lowest BCUT2D eigenvalue weighted by molar-refractivity contribution is 0.199. The molecule has 1 rings (SSSR count). The van der Waals surface area contributed by atoms with Crippen molar-refractivity contribution in [3.8, 4) is 0 Å². The molecule has 2 nitrogen and oxygen atoms in total. The molecule has 2 N–H and O–H groups in total. The number of rotatable bonds is 8. The highest BCUT2D eigenvalue weighted by Gasteiger charge is 2.23. The van der Waals surface area contributed by atoms with Crippen LogP contribution in [0, 0.1) is 11.3 Å². The van der Waals surface area contributed by atoms with Crippen LogP contribution in [0.4, 0.5) is 0 Å². The summed E-state index contributed by atoms with van der Waals surface area (Å²) in [6.07, 6.45) is 3.68. The summed E-state index contributed by atoms with van der Waals surface area (Å²) < 4.78 is 1.20. The van der Waals surface area contributed by atoms with Gasteiger partial charge in [0, 0.05) is 21.3 Å². The summed E-state index contributed by atoms with van der Waals surface area (Å²) in [4.78, 5) is 3.84. The zero-order chi connectivity index (χ0) is 15.2. The zero-order valence-corrected chi connectivity index (χ0v) is 15.7. The van der Waals surface area contributed by atoms with Gasteiger partial charge in [-0.05, 0) is 72.7 Å². The Labute approximate surface area is 136 Å². The van der Waals surface area contributed by atoms with E-state index >= 15 is 0 Å². The summed E-state index contributed by atoms with van der Waals surface area (Å²) in [6, 6.07) is 2.22. The highest BCUT2D eigenvalue weighted by atomic mass is 79.9. The van der Waals surface area contributed by atoms with Crippen molar-refractivity contribution >= 4 is 27.3 Å². The summed E-state index contributed by atoms with van der Waals surface area (Å²) in [5.41, 5.74) is 6.12. The van der Waals surface area contributed by atoms with E-state index in [2.05, 4.69) is 60.1 Å². The van der Waals surface area contributed by atoms with Crippen molar-refractivity contribution in [2.24, 2.45) is 17.1 Å². The van der Waals surface area contributed by atoms with E-state index in [1.807, 2.05) is 11.3 Å². The predicted molar refractivity (Wildman–Crippen MR) is 94.2 cm³/mol. The van der Waals surface area contributed by atoms with Gasteiger partial charge >= 0.3 is 0 Å². The van der Waals surface area contributed by atoms with Gasteiger partial charge in [0.15, 0.2) is 0 Å². The summed E-state index contributed by atoms with van der Waals surface area (Å²) in [5, 5.41) is 2.15. The number of nitrogens with two attached hydrogens (primary N) is 1. The Bertz CT molecular complexity index is 384. The monoisotopic (exact) mass is 360 g/mol. The first-order chi connectivity index (χ1) is 9.32. The van der Waals surface area contributed by atoms with Crippen molar-refractivity contribution in [2.45, 2.75) is 46.6 Å². The summed E-state index contributed by atoms with van der Waals surface area (Å²) in [6.45, 7) is 10.0. The molecule has 0 saturated heterocycles. The fourth-order valence-electron chi connectivity index (χ4n) is 2.60. The SMILES string of the molecule is CN(CCCC(CCN)C(C)(C)C)Cc1cc(Br)cs1. The lowest BCUT2D eigenvalue weighted by atomic mass is 9.76. The Morgan fingerprint density at radius 1 is 1.35 bits per heavy atom. The molecule has 0 bridgehead atoms. The summed E-state index contributed by atoms with van der Waals surface area (Å²) in [7, 11) is 2.21. The van der Waals surface area contributed by atoms with Crippen LogP contribution in [0.2, 0.25) is 0 Å². The first-order valence-corrected chi connectivity index (χ1v) is 9.11. The molecule has 0 aromatic carbocycles. The first-order valence-electron chi connectivity index (χ1n) is 7.44. The molecule has 1 unspecified atom stereocenters. The third-order valence-electron chi connectivity index (χ3n) is 3.88. The van der Waals surface area contributed by atoms with E-state index in [0.717, 1.165) is 32.0 Å². The number of hydrogen-bond donors (Lipinski definition) is 1. The predicted octanol–water partition coefficient (Wildman–Crippen LogP) is 4.73. The molecule has 4 heteroatoms. The second-order valence-electron chi connectivity index (χ2n) is 6.75. The van der Waals surface area contributed by atoms with E-state index in [1.165, 1.54) is 22.2 Å². The molecule has 1 aromatic heterocycles. The number of nitrogens with zero attached hydrogens (tertiary/aromatic N) is 1. The maximum Gasteiger partial charge on any atom is 0.0325 e. The standard InChI is InChI=1S/C16H29BrN2S/c1-16(2,3)13(7-8-18)6-5-9-19(4)11-15-10-14(17)12-20-15/h10,12-13H,5-9,11,18H2,1-4H3. The molecule has 1 aromatic rings. The van der Waals surface area contributed by atoms with Crippen molar-refractivity contribution in [3.05, 3.63) is 20.8 Å². The van der Waals surface area contributed by atoms with Gasteiger partial charge in [-0.2, -0.15) is 0 Å². The van der Waals surface area contributed by atoms with Gasteiger partial charge in [-0.15, -0.1) is 11.3 Å². The van der Waals surface area contributed by atoms with Gasteiger partial charge in [-0.1, -0.05) is 20.8 Å². The first kappa shape index (κ1) is 18.1. The molecule has 1 heterocycles. The van der Waals surface area contributed by atoms with Crippen LogP contribution in [0.15, 0.2) is 15.9 Å². The second kappa shape index (κ2) is 8.52. The van der Waals surface area contributed by atoms with Gasteiger partial charge in [0.2, 0.25) is 0 Å². The summed E-state index contributed by atoms with van der Waals surface area (Å²) >= 11 is 5.34. The lowest BCUT2D eigenvalue weighted by Gasteiger charge is -2.31. The van der Waals surface area contributed by atoms with E-state index < -0.39 is 0 Å². The molecule has 0 saturated carbocycles. The third-order valence-corrected chi connectivity index (χ3v) is 5.56. The van der Waals surface area contributed by atoms with Crippen molar-refractivity contribution in [1.82, 2.24) is 4.90 Å². The van der Waals surface area contributed by atoms with Gasteiger partial charge in [0.1, 0.15) is 0 Å². The molecule has 0 aliphatic carbocycles. The Hall–Kier alpha value is 0.1000. The van der Waals surface area contributed by atoms with Gasteiger partial charge in [0.25, 0.3) is 0 Å². The smallest absolute Gasteiger partial charge is 0.0325 e. The average Bonchev–Trinajstić information content (AvgIpc) is 2.72. The maximum atomic E-state index is 5.75. The average molecular weight is 361 g/mol. The van der Waals surface area contributed by atoms with Gasteiger partial charge in [0.05, 0.1) is 0 Å². The molecule has 0 aliphatic rings. The molecule has 20 heavy (non-hydrogen) atoms. The molecular formula is C16H29BrN2S. The third kappa shape index (κ3) is 6.70. The fraction of sp³-hybridized carbons (Fsp3) is 0.750. The normalized spacial score (nSPS) is 13.9. The van der Waals surface area contributed by atoms with Crippen LogP contribution in [-0.4, -0.2) is 25.0 Å². The topological polar surface area (TPSA) is 29.3 Å². The highest BCUT2D eigenvalue weighted by molar-refractivity contribution is 9.10. The van der Waals surface area contributed by atoms with Crippen molar-refractivity contribution < 1.29 is 0 Å². The molecule has 0 fully saturated rings. The molecule has 0 amide bonds. The van der Waals surface area contributed by atoms with Crippen LogP contribution in [0.3, 0.4) is 0 Å². The largest absolute Gasteiger partial charge is 0.330 e. The molecule has 116 valence electrons. The van der Waals surface area contributed by atoms with E-state index in [0.29, 0.717) is 5.41 Å². The van der Waals surface area contributed by atoms with Crippen molar-refractivity contribution in [2.75, 3.05) is 20.1 Å². The van der Waals surface area contributed by atoms with Crippen molar-refractivity contribution in [3.63, 3.8) is 0 Å². The Morgan fingerprint density at radius 2 is 2.05 bits per heavy atom. The molecule has 0 spiro atoms. The van der Waals surface area contributed by atoms with Crippen LogP contribution < -0.4 is 5.73 Å². The number of halogens is 1. The Kier molecular flexibility index (Phi) is 7.73. The quantitative estimate of drug-likeness (QED) is 0.725. The van der Waals surface area contributed by atoms with Crippen LogP contribution in [-0.2, 0) is 6.54 Å². The minimum Gasteiger partial charge on any atom is -0.330 e. The fourth-order valence-corrected chi connectivity index (χ4v) is 4.13. The minimum atomic E-state index is 0.372. The highest BCUT2D eigenvalue weighted by Crippen LogP contribution is 2.32. The summed E-state index contributed by atoms with van der Waals surface area (Å²) in [5.74, 6) is 0.733.